The van der Waals surface area contributed by atoms with Crippen molar-refractivity contribution >= 4 is 23.2 Å². The molecule has 1 N–H and O–H groups in total. The van der Waals surface area contributed by atoms with Gasteiger partial charge in [0.2, 0.25) is 0 Å². The first-order valence-corrected chi connectivity index (χ1v) is 12.4. The Bertz CT molecular complexity index is 1280. The van der Waals surface area contributed by atoms with E-state index in [1.165, 1.54) is 0 Å². The van der Waals surface area contributed by atoms with Crippen LogP contribution < -0.4 is 10.2 Å². The summed E-state index contributed by atoms with van der Waals surface area (Å²) in [5.41, 5.74) is 5.06. The molecule has 2 aliphatic rings. The number of carbonyl (C=O) groups excluding carboxylic acids is 2. The van der Waals surface area contributed by atoms with Crippen LogP contribution in [-0.2, 0) is 6.54 Å². The Hall–Kier alpha value is -3.84. The van der Waals surface area contributed by atoms with Crippen LogP contribution in [0.2, 0.25) is 0 Å². The number of nitrogens with one attached hydrogen (secondary N) is 1. The molecule has 0 aliphatic carbocycles. The summed E-state index contributed by atoms with van der Waals surface area (Å²) in [6.45, 7) is 6.54. The third-order valence-corrected chi connectivity index (χ3v) is 7.01. The monoisotopic (exact) mass is 481 g/mol. The standard InChI is InChI=1S/C29H31N5O2/c1-20(26-5-3-4-12-30-26)17-27(35)22-6-7-23-19-31-28(25(23)18-22)32-29(36)21-8-10-24(11-9-21)34-15-13-33(2)14-16-34/h3-12,18,20H,13-17,19H2,1-2H3,(H,31,32,36). The van der Waals surface area contributed by atoms with Gasteiger partial charge in [-0.25, -0.2) is 0 Å². The molecule has 1 fully saturated rings. The van der Waals surface area contributed by atoms with Crippen molar-refractivity contribution in [3.63, 3.8) is 0 Å². The Labute approximate surface area is 211 Å². The second kappa shape index (κ2) is 10.4. The highest BCUT2D eigenvalue weighted by atomic mass is 16.1. The summed E-state index contributed by atoms with van der Waals surface area (Å²) in [4.78, 5) is 39.5. The van der Waals surface area contributed by atoms with Crippen LogP contribution in [0.15, 0.2) is 71.9 Å². The first-order chi connectivity index (χ1) is 17.5. The van der Waals surface area contributed by atoms with Gasteiger partial charge in [-0.2, -0.15) is 0 Å². The number of aromatic nitrogens is 1. The third-order valence-electron chi connectivity index (χ3n) is 7.01. The Morgan fingerprint density at radius 3 is 2.44 bits per heavy atom. The smallest absolute Gasteiger partial charge is 0.256 e. The molecule has 1 aromatic heterocycles. The molecule has 7 heteroatoms. The summed E-state index contributed by atoms with van der Waals surface area (Å²) < 4.78 is 0. The number of aliphatic imine (C=N–C) groups is 1. The molecule has 1 amide bonds. The Kier molecular flexibility index (Phi) is 6.91. The zero-order valence-corrected chi connectivity index (χ0v) is 20.8. The van der Waals surface area contributed by atoms with Crippen molar-refractivity contribution < 1.29 is 9.59 Å². The highest BCUT2D eigenvalue weighted by Gasteiger charge is 2.22. The van der Waals surface area contributed by atoms with Crippen LogP contribution >= 0.6 is 0 Å². The summed E-state index contributed by atoms with van der Waals surface area (Å²) in [5, 5.41) is 2.96. The van der Waals surface area contributed by atoms with E-state index in [2.05, 4.69) is 32.1 Å². The second-order valence-corrected chi connectivity index (χ2v) is 9.61. The van der Waals surface area contributed by atoms with Gasteiger partial charge in [0, 0.05) is 72.8 Å². The highest BCUT2D eigenvalue weighted by Crippen LogP contribution is 2.24. The third kappa shape index (κ3) is 5.21. The fourth-order valence-corrected chi connectivity index (χ4v) is 4.70. The van der Waals surface area contributed by atoms with Gasteiger partial charge in [-0.3, -0.25) is 19.6 Å². The summed E-state index contributed by atoms with van der Waals surface area (Å²) >= 11 is 0. The number of hydrogen-bond acceptors (Lipinski definition) is 6. The first kappa shape index (κ1) is 23.9. The zero-order chi connectivity index (χ0) is 25.1. The van der Waals surface area contributed by atoms with E-state index >= 15 is 0 Å². The van der Waals surface area contributed by atoms with E-state index in [1.807, 2.05) is 67.6 Å². The normalized spacial score (nSPS) is 16.3. The molecular weight excluding hydrogens is 450 g/mol. The molecular formula is C29H31N5O2. The molecule has 3 heterocycles. The molecule has 5 rings (SSSR count). The van der Waals surface area contributed by atoms with E-state index in [9.17, 15) is 9.59 Å². The van der Waals surface area contributed by atoms with Crippen molar-refractivity contribution in [2.24, 2.45) is 4.99 Å². The Morgan fingerprint density at radius 1 is 0.972 bits per heavy atom. The molecule has 36 heavy (non-hydrogen) atoms. The molecule has 1 unspecified atom stereocenters. The topological polar surface area (TPSA) is 77.9 Å². The number of benzene rings is 2. The minimum absolute atomic E-state index is 0.0219. The summed E-state index contributed by atoms with van der Waals surface area (Å²) in [6, 6.07) is 19.1. The Balaban J connectivity index is 1.24. The van der Waals surface area contributed by atoms with Gasteiger partial charge in [-0.05, 0) is 55.1 Å². The van der Waals surface area contributed by atoms with Crippen LogP contribution in [0.1, 0.15) is 56.8 Å². The van der Waals surface area contributed by atoms with Crippen molar-refractivity contribution in [3.8, 4) is 0 Å². The zero-order valence-electron chi connectivity index (χ0n) is 20.8. The Morgan fingerprint density at radius 2 is 1.72 bits per heavy atom. The van der Waals surface area contributed by atoms with E-state index in [0.29, 0.717) is 29.9 Å². The SMILES string of the molecule is CC(CC(=O)c1ccc2c(c1)C(NC(=O)c1ccc(N3CCN(C)CC3)cc1)=NC2)c1ccccn1. The van der Waals surface area contributed by atoms with E-state index in [0.717, 1.165) is 48.7 Å². The fourth-order valence-electron chi connectivity index (χ4n) is 4.70. The van der Waals surface area contributed by atoms with Gasteiger partial charge in [0.25, 0.3) is 5.91 Å². The van der Waals surface area contributed by atoms with Crippen molar-refractivity contribution in [3.05, 3.63) is 94.8 Å². The molecule has 2 aliphatic heterocycles. The molecule has 1 saturated heterocycles. The van der Waals surface area contributed by atoms with Crippen LogP contribution in [-0.4, -0.2) is 60.6 Å². The van der Waals surface area contributed by atoms with Gasteiger partial charge in [0.1, 0.15) is 5.84 Å². The molecule has 2 aromatic carbocycles. The van der Waals surface area contributed by atoms with Gasteiger partial charge in [0.05, 0.1) is 6.54 Å². The lowest BCUT2D eigenvalue weighted by atomic mass is 9.94. The summed E-state index contributed by atoms with van der Waals surface area (Å²) in [7, 11) is 2.14. The van der Waals surface area contributed by atoms with E-state index in [1.54, 1.807) is 6.20 Å². The highest BCUT2D eigenvalue weighted by molar-refractivity contribution is 6.15. The molecule has 3 aromatic rings. The van der Waals surface area contributed by atoms with Gasteiger partial charge in [0.15, 0.2) is 5.78 Å². The lowest BCUT2D eigenvalue weighted by Gasteiger charge is -2.34. The van der Waals surface area contributed by atoms with Crippen LogP contribution in [0.4, 0.5) is 5.69 Å². The van der Waals surface area contributed by atoms with Gasteiger partial charge in [-0.15, -0.1) is 0 Å². The summed E-state index contributed by atoms with van der Waals surface area (Å²) in [6.07, 6.45) is 2.12. The number of likely N-dealkylation sites (N-methyl/N-ethyl adjacent to an activating group) is 1. The molecule has 184 valence electrons. The predicted octanol–water partition coefficient (Wildman–Crippen LogP) is 3.90. The molecule has 0 spiro atoms. The van der Waals surface area contributed by atoms with E-state index in [4.69, 9.17) is 0 Å². The predicted molar refractivity (Wildman–Crippen MR) is 142 cm³/mol. The number of piperazine rings is 1. The number of carbonyl (C=O) groups is 2. The number of ketones is 1. The van der Waals surface area contributed by atoms with Crippen molar-refractivity contribution in [1.82, 2.24) is 15.2 Å². The maximum Gasteiger partial charge on any atom is 0.256 e. The molecule has 0 saturated carbocycles. The van der Waals surface area contributed by atoms with Crippen LogP contribution in [0.3, 0.4) is 0 Å². The fraction of sp³-hybridized carbons (Fsp3) is 0.310. The van der Waals surface area contributed by atoms with Gasteiger partial charge >= 0.3 is 0 Å². The number of Topliss-reactive ketones (excluding diaryl/α,β-unsaturated/α-hetero) is 1. The van der Waals surface area contributed by atoms with Gasteiger partial charge < -0.3 is 15.1 Å². The van der Waals surface area contributed by atoms with E-state index < -0.39 is 0 Å². The van der Waals surface area contributed by atoms with Gasteiger partial charge in [-0.1, -0.05) is 25.1 Å². The summed E-state index contributed by atoms with van der Waals surface area (Å²) in [5.74, 6) is 0.388. The minimum Gasteiger partial charge on any atom is -0.369 e. The van der Waals surface area contributed by atoms with Crippen molar-refractivity contribution in [2.75, 3.05) is 38.1 Å². The quantitative estimate of drug-likeness (QED) is 0.541. The number of nitrogens with zero attached hydrogens (tertiary/aromatic N) is 4. The number of pyridine rings is 1. The number of rotatable bonds is 6. The second-order valence-electron chi connectivity index (χ2n) is 9.61. The minimum atomic E-state index is -0.202. The largest absolute Gasteiger partial charge is 0.369 e. The van der Waals surface area contributed by atoms with Crippen LogP contribution in [0.25, 0.3) is 0 Å². The van der Waals surface area contributed by atoms with Crippen molar-refractivity contribution in [2.45, 2.75) is 25.8 Å². The average molecular weight is 482 g/mol. The van der Waals surface area contributed by atoms with Crippen LogP contribution in [0, 0.1) is 0 Å². The molecule has 7 nitrogen and oxygen atoms in total. The van der Waals surface area contributed by atoms with Crippen molar-refractivity contribution in [1.29, 1.82) is 0 Å². The van der Waals surface area contributed by atoms with Crippen LogP contribution in [0.5, 0.6) is 0 Å². The van der Waals surface area contributed by atoms with E-state index in [-0.39, 0.29) is 17.6 Å². The number of amides is 1. The number of anilines is 1. The molecule has 0 radical (unpaired) electrons. The molecule has 0 bridgehead atoms. The lowest BCUT2D eigenvalue weighted by Crippen LogP contribution is -2.44. The average Bonchev–Trinajstić information content (AvgIpc) is 3.31. The first-order valence-electron chi connectivity index (χ1n) is 12.4. The number of fused-ring (bicyclic) bond motifs is 1. The maximum atomic E-state index is 13.0. The lowest BCUT2D eigenvalue weighted by molar-refractivity contribution is 0.0968. The molecule has 1 atom stereocenters. The maximum absolute atomic E-state index is 13.0. The number of hydrogen-bond donors (Lipinski definition) is 1. The number of amidine groups is 1.